The lowest BCUT2D eigenvalue weighted by Gasteiger charge is -2.36. The number of aryl methyl sites for hydroxylation is 1. The average Bonchev–Trinajstić information content (AvgIpc) is 3.48. The van der Waals surface area contributed by atoms with Crippen molar-refractivity contribution in [3.05, 3.63) is 66.0 Å². The number of piperidine rings is 1. The van der Waals surface area contributed by atoms with E-state index in [1.165, 1.54) is 12.1 Å². The van der Waals surface area contributed by atoms with Gasteiger partial charge in [-0.2, -0.15) is 8.78 Å². The molecule has 1 saturated heterocycles. The van der Waals surface area contributed by atoms with Gasteiger partial charge in [-0.3, -0.25) is 4.79 Å². The molecule has 2 aliphatic heterocycles. The Balaban J connectivity index is 1.32. The van der Waals surface area contributed by atoms with Gasteiger partial charge in [0.25, 0.3) is 0 Å². The maximum Gasteiger partial charge on any atom is 0.387 e. The van der Waals surface area contributed by atoms with Crippen LogP contribution in [0.5, 0.6) is 5.75 Å². The number of aromatic nitrogens is 4. The van der Waals surface area contributed by atoms with E-state index < -0.39 is 23.8 Å². The Morgan fingerprint density at radius 1 is 1.15 bits per heavy atom. The van der Waals surface area contributed by atoms with E-state index in [0.29, 0.717) is 72.4 Å². The minimum Gasteiger partial charge on any atom is -0.481 e. The molecule has 0 bridgehead atoms. The van der Waals surface area contributed by atoms with Crippen molar-refractivity contribution in [2.24, 2.45) is 5.41 Å². The molecule has 0 spiro atoms. The molecular formula is C28H26F3N5O3. The van der Waals surface area contributed by atoms with E-state index in [1.54, 1.807) is 43.6 Å². The van der Waals surface area contributed by atoms with Crippen LogP contribution >= 0.6 is 0 Å². The van der Waals surface area contributed by atoms with Crippen LogP contribution in [0.3, 0.4) is 0 Å². The number of carbonyl (C=O) groups is 1. The summed E-state index contributed by atoms with van der Waals surface area (Å²) in [5.41, 5.74) is 1.81. The predicted octanol–water partition coefficient (Wildman–Crippen LogP) is 5.46. The Hall–Kier alpha value is -4.15. The minimum atomic E-state index is -2.94. The molecule has 1 atom stereocenters. The number of carboxylic acid groups (broad SMARTS) is 1. The van der Waals surface area contributed by atoms with E-state index in [2.05, 4.69) is 15.0 Å². The number of halogens is 3. The first-order chi connectivity index (χ1) is 18.7. The average molecular weight is 538 g/mol. The summed E-state index contributed by atoms with van der Waals surface area (Å²) in [4.78, 5) is 27.0. The second-order valence-corrected chi connectivity index (χ2v) is 10.3. The number of fused-ring (bicyclic) bond motifs is 3. The lowest BCUT2D eigenvalue weighted by molar-refractivity contribution is -0.149. The summed E-state index contributed by atoms with van der Waals surface area (Å²) in [5.74, 6) is 0.0590. The molecule has 2 aromatic heterocycles. The third kappa shape index (κ3) is 4.45. The number of hydrogen-bond acceptors (Lipinski definition) is 6. The van der Waals surface area contributed by atoms with Crippen LogP contribution in [0, 0.1) is 11.2 Å². The highest BCUT2D eigenvalue weighted by Gasteiger charge is 2.37. The van der Waals surface area contributed by atoms with Crippen LogP contribution in [-0.2, 0) is 11.2 Å². The number of aliphatic carboxylic acids is 1. The summed E-state index contributed by atoms with van der Waals surface area (Å²) in [6.45, 7) is -0.162. The van der Waals surface area contributed by atoms with E-state index in [-0.39, 0.29) is 11.8 Å². The molecule has 6 rings (SSSR count). The van der Waals surface area contributed by atoms with Crippen molar-refractivity contribution < 1.29 is 27.8 Å². The van der Waals surface area contributed by atoms with E-state index in [0.717, 1.165) is 5.82 Å². The molecule has 11 heteroatoms. The highest BCUT2D eigenvalue weighted by molar-refractivity contribution is 5.83. The van der Waals surface area contributed by atoms with Gasteiger partial charge in [-0.05, 0) is 38.3 Å². The topological polar surface area (TPSA) is 93.4 Å². The van der Waals surface area contributed by atoms with Crippen molar-refractivity contribution in [3.8, 4) is 16.9 Å². The zero-order valence-electron chi connectivity index (χ0n) is 21.1. The lowest BCUT2D eigenvalue weighted by Crippen LogP contribution is -2.43. The summed E-state index contributed by atoms with van der Waals surface area (Å²) >= 11 is 0. The molecule has 0 amide bonds. The molecule has 39 heavy (non-hydrogen) atoms. The third-order valence-electron chi connectivity index (χ3n) is 7.91. The standard InChI is InChI=1S/C28H26F3N5O3/c1-28(25(37)38)8-10-35(11-9-28)27-32-14-16(15-33-27)18-12-22-20(13-19(18)29)34-24-7-6-21(36(22)24)17-4-2-3-5-23(17)39-26(30)31/h2-5,12-15,21,26H,6-11H2,1H3,(H,37,38). The van der Waals surface area contributed by atoms with Crippen LogP contribution in [0.1, 0.15) is 43.6 Å². The summed E-state index contributed by atoms with van der Waals surface area (Å²) in [5, 5.41) is 9.46. The molecule has 1 fully saturated rings. The fourth-order valence-corrected chi connectivity index (χ4v) is 5.60. The van der Waals surface area contributed by atoms with Gasteiger partial charge in [0.05, 0.1) is 22.5 Å². The molecular weight excluding hydrogens is 511 g/mol. The van der Waals surface area contributed by atoms with E-state index in [9.17, 15) is 18.7 Å². The first-order valence-corrected chi connectivity index (χ1v) is 12.8. The molecule has 1 N–H and O–H groups in total. The van der Waals surface area contributed by atoms with Gasteiger partial charge < -0.3 is 19.3 Å². The Morgan fingerprint density at radius 3 is 2.56 bits per heavy atom. The second-order valence-electron chi connectivity index (χ2n) is 10.3. The molecule has 1 unspecified atom stereocenters. The van der Waals surface area contributed by atoms with Crippen LogP contribution in [-0.4, -0.2) is 50.3 Å². The van der Waals surface area contributed by atoms with Gasteiger partial charge in [-0.15, -0.1) is 0 Å². The van der Waals surface area contributed by atoms with Crippen molar-refractivity contribution >= 4 is 23.0 Å². The van der Waals surface area contributed by atoms with Gasteiger partial charge in [-0.25, -0.2) is 19.3 Å². The number of imidazole rings is 1. The molecule has 0 radical (unpaired) electrons. The first kappa shape index (κ1) is 25.1. The normalized spacial score (nSPS) is 18.5. The van der Waals surface area contributed by atoms with Crippen molar-refractivity contribution in [2.45, 2.75) is 45.3 Å². The van der Waals surface area contributed by atoms with Crippen LogP contribution in [0.15, 0.2) is 48.8 Å². The summed E-state index contributed by atoms with van der Waals surface area (Å²) in [7, 11) is 0. The number of rotatable bonds is 6. The van der Waals surface area contributed by atoms with Gasteiger partial charge >= 0.3 is 12.6 Å². The SMILES string of the molecule is CC1(C(=O)O)CCN(c2ncc(-c3cc4c(cc3F)nc3n4C(c4ccccc4OC(F)F)CC3)cn2)CC1. The number of carboxylic acids is 1. The number of nitrogens with zero attached hydrogens (tertiary/aromatic N) is 5. The molecule has 8 nitrogen and oxygen atoms in total. The van der Waals surface area contributed by atoms with Crippen molar-refractivity contribution in [2.75, 3.05) is 18.0 Å². The quantitative estimate of drug-likeness (QED) is 0.349. The fourth-order valence-electron chi connectivity index (χ4n) is 5.60. The Labute approximate surface area is 222 Å². The molecule has 0 saturated carbocycles. The van der Waals surface area contributed by atoms with Gasteiger partial charge in [0.2, 0.25) is 5.95 Å². The van der Waals surface area contributed by atoms with Gasteiger partial charge in [0.15, 0.2) is 0 Å². The molecule has 202 valence electrons. The molecule has 0 aliphatic carbocycles. The second kappa shape index (κ2) is 9.55. The van der Waals surface area contributed by atoms with E-state index in [4.69, 9.17) is 4.74 Å². The maximum absolute atomic E-state index is 15.2. The Bertz CT molecular complexity index is 1550. The highest BCUT2D eigenvalue weighted by atomic mass is 19.3. The van der Waals surface area contributed by atoms with Crippen molar-refractivity contribution in [3.63, 3.8) is 0 Å². The summed E-state index contributed by atoms with van der Waals surface area (Å²) in [6, 6.07) is 9.50. The van der Waals surface area contributed by atoms with Crippen molar-refractivity contribution in [1.82, 2.24) is 19.5 Å². The number of ether oxygens (including phenoxy) is 1. The van der Waals surface area contributed by atoms with Gasteiger partial charge in [-0.1, -0.05) is 18.2 Å². The summed E-state index contributed by atoms with van der Waals surface area (Å²) in [6.07, 6.45) is 5.36. The monoisotopic (exact) mass is 537 g/mol. The molecule has 4 aromatic rings. The van der Waals surface area contributed by atoms with Crippen molar-refractivity contribution in [1.29, 1.82) is 0 Å². The zero-order chi connectivity index (χ0) is 27.3. The predicted molar refractivity (Wildman–Crippen MR) is 137 cm³/mol. The largest absolute Gasteiger partial charge is 0.481 e. The number of alkyl halides is 2. The van der Waals surface area contributed by atoms with E-state index >= 15 is 4.39 Å². The fraction of sp³-hybridized carbons (Fsp3) is 0.357. The Kier molecular flexibility index (Phi) is 6.16. The third-order valence-corrected chi connectivity index (χ3v) is 7.91. The number of hydrogen-bond donors (Lipinski definition) is 1. The smallest absolute Gasteiger partial charge is 0.387 e. The maximum atomic E-state index is 15.2. The van der Waals surface area contributed by atoms with Crippen LogP contribution in [0.25, 0.3) is 22.2 Å². The highest BCUT2D eigenvalue weighted by Crippen LogP contribution is 2.41. The minimum absolute atomic E-state index is 0.111. The van der Waals surface area contributed by atoms with Gasteiger partial charge in [0, 0.05) is 54.7 Å². The molecule has 2 aliphatic rings. The van der Waals surface area contributed by atoms with Crippen LogP contribution < -0.4 is 9.64 Å². The first-order valence-electron chi connectivity index (χ1n) is 12.8. The Morgan fingerprint density at radius 2 is 1.87 bits per heavy atom. The van der Waals surface area contributed by atoms with Gasteiger partial charge in [0.1, 0.15) is 17.4 Å². The van der Waals surface area contributed by atoms with E-state index in [1.807, 2.05) is 9.47 Å². The molecule has 4 heterocycles. The summed E-state index contributed by atoms with van der Waals surface area (Å²) < 4.78 is 48.1. The number of benzene rings is 2. The van der Waals surface area contributed by atoms with Crippen LogP contribution in [0.2, 0.25) is 0 Å². The molecule has 2 aromatic carbocycles. The lowest BCUT2D eigenvalue weighted by atomic mass is 9.80. The number of para-hydroxylation sites is 1. The number of anilines is 1. The van der Waals surface area contributed by atoms with Crippen LogP contribution in [0.4, 0.5) is 19.1 Å². The zero-order valence-corrected chi connectivity index (χ0v) is 21.1.